The van der Waals surface area contributed by atoms with Gasteiger partial charge in [-0.25, -0.2) is 0 Å². The first kappa shape index (κ1) is 10.7. The first-order valence-corrected chi connectivity index (χ1v) is 5.65. The molecule has 3 nitrogen and oxygen atoms in total. The zero-order valence-electron chi connectivity index (χ0n) is 9.81. The van der Waals surface area contributed by atoms with E-state index in [0.29, 0.717) is 10.9 Å². The second-order valence-corrected chi connectivity index (χ2v) is 4.42. The van der Waals surface area contributed by atoms with Gasteiger partial charge in [-0.05, 0) is 35.2 Å². The Morgan fingerprint density at radius 1 is 0.722 bits per heavy atom. The maximum absolute atomic E-state index is 9.91. The van der Waals surface area contributed by atoms with Gasteiger partial charge in [-0.3, -0.25) is 0 Å². The van der Waals surface area contributed by atoms with Crippen molar-refractivity contribution in [3.63, 3.8) is 0 Å². The molecule has 0 fully saturated rings. The third-order valence-electron chi connectivity index (χ3n) is 3.35. The molecule has 0 bridgehead atoms. The van der Waals surface area contributed by atoms with E-state index < -0.39 is 5.75 Å². The van der Waals surface area contributed by atoms with Crippen LogP contribution in [0.4, 0.5) is 0 Å². The van der Waals surface area contributed by atoms with Crippen molar-refractivity contribution >= 4 is 21.5 Å². The second kappa shape index (κ2) is 3.53. The fraction of sp³-hybridized carbons (Fsp3) is 0.0667. The zero-order chi connectivity index (χ0) is 12.9. The Balaban J connectivity index is 2.58. The molecule has 3 heteroatoms. The summed E-state index contributed by atoms with van der Waals surface area (Å²) in [4.78, 5) is 0. The quantitative estimate of drug-likeness (QED) is 0.417. The lowest BCUT2D eigenvalue weighted by Crippen LogP contribution is -1.84. The standard InChI is InChI=1S/C15H12O3/c1-8-11-6-9-4-2-3-5-10(9)7-12(11)14(17)15(18)13(8)16/h2-7,16-18H,1H3. The predicted molar refractivity (Wildman–Crippen MR) is 71.2 cm³/mol. The fourth-order valence-electron chi connectivity index (χ4n) is 2.29. The molecule has 0 radical (unpaired) electrons. The number of phenolic OH excluding ortho intramolecular Hbond substituents is 3. The van der Waals surface area contributed by atoms with Crippen LogP contribution in [0.15, 0.2) is 36.4 Å². The minimum Gasteiger partial charge on any atom is -0.504 e. The van der Waals surface area contributed by atoms with Gasteiger partial charge in [0.1, 0.15) is 0 Å². The van der Waals surface area contributed by atoms with E-state index in [1.165, 1.54) is 0 Å². The second-order valence-electron chi connectivity index (χ2n) is 4.42. The Bertz CT molecular complexity index is 710. The zero-order valence-corrected chi connectivity index (χ0v) is 9.81. The van der Waals surface area contributed by atoms with Crippen LogP contribution in [0.5, 0.6) is 17.2 Å². The number of phenols is 3. The first-order valence-electron chi connectivity index (χ1n) is 5.65. The van der Waals surface area contributed by atoms with Crippen molar-refractivity contribution in [2.75, 3.05) is 0 Å². The summed E-state index contributed by atoms with van der Waals surface area (Å²) in [6, 6.07) is 11.5. The molecular weight excluding hydrogens is 228 g/mol. The first-order chi connectivity index (χ1) is 8.59. The Hall–Kier alpha value is -2.42. The van der Waals surface area contributed by atoms with E-state index in [4.69, 9.17) is 0 Å². The maximum Gasteiger partial charge on any atom is 0.201 e. The van der Waals surface area contributed by atoms with Crippen LogP contribution in [0.1, 0.15) is 5.56 Å². The van der Waals surface area contributed by atoms with Gasteiger partial charge in [-0.15, -0.1) is 0 Å². The van der Waals surface area contributed by atoms with Crippen LogP contribution in [-0.2, 0) is 0 Å². The van der Waals surface area contributed by atoms with Crippen molar-refractivity contribution in [3.05, 3.63) is 42.0 Å². The minimum absolute atomic E-state index is 0.268. The molecule has 0 aromatic heterocycles. The lowest BCUT2D eigenvalue weighted by Gasteiger charge is -2.11. The average molecular weight is 240 g/mol. The Morgan fingerprint density at radius 3 is 1.89 bits per heavy atom. The molecule has 0 saturated heterocycles. The van der Waals surface area contributed by atoms with Gasteiger partial charge < -0.3 is 15.3 Å². The monoisotopic (exact) mass is 240 g/mol. The van der Waals surface area contributed by atoms with E-state index in [1.54, 1.807) is 6.92 Å². The van der Waals surface area contributed by atoms with E-state index >= 15 is 0 Å². The van der Waals surface area contributed by atoms with Gasteiger partial charge in [0.05, 0.1) is 0 Å². The van der Waals surface area contributed by atoms with Gasteiger partial charge in [-0.1, -0.05) is 24.3 Å². The van der Waals surface area contributed by atoms with Gasteiger partial charge >= 0.3 is 0 Å². The van der Waals surface area contributed by atoms with Crippen LogP contribution in [-0.4, -0.2) is 15.3 Å². The summed E-state index contributed by atoms with van der Waals surface area (Å²) < 4.78 is 0. The van der Waals surface area contributed by atoms with E-state index in [9.17, 15) is 15.3 Å². The molecule has 3 N–H and O–H groups in total. The van der Waals surface area contributed by atoms with Crippen molar-refractivity contribution in [2.45, 2.75) is 6.92 Å². The summed E-state index contributed by atoms with van der Waals surface area (Å²) in [5.41, 5.74) is 0.561. The SMILES string of the molecule is Cc1c(O)c(O)c(O)c2cc3ccccc3cc12. The number of fused-ring (bicyclic) bond motifs is 2. The molecule has 0 heterocycles. The normalized spacial score (nSPS) is 11.2. The van der Waals surface area contributed by atoms with Gasteiger partial charge in [-0.2, -0.15) is 0 Å². The van der Waals surface area contributed by atoms with Crippen LogP contribution >= 0.6 is 0 Å². The summed E-state index contributed by atoms with van der Waals surface area (Å²) in [6.45, 7) is 1.71. The van der Waals surface area contributed by atoms with Crippen molar-refractivity contribution < 1.29 is 15.3 Å². The molecular formula is C15H12O3. The highest BCUT2D eigenvalue weighted by Gasteiger charge is 2.15. The lowest BCUT2D eigenvalue weighted by atomic mass is 9.98. The molecule has 3 aromatic rings. The molecule has 0 amide bonds. The van der Waals surface area contributed by atoms with Gasteiger partial charge in [0.15, 0.2) is 11.5 Å². The average Bonchev–Trinajstić information content (AvgIpc) is 2.41. The number of rotatable bonds is 0. The fourth-order valence-corrected chi connectivity index (χ4v) is 2.29. The molecule has 3 rings (SSSR count). The van der Waals surface area contributed by atoms with Crippen LogP contribution in [0.25, 0.3) is 21.5 Å². The molecule has 0 unspecified atom stereocenters. The van der Waals surface area contributed by atoms with Gasteiger partial charge in [0.2, 0.25) is 5.75 Å². The maximum atomic E-state index is 9.91. The molecule has 90 valence electrons. The molecule has 0 saturated carbocycles. The largest absolute Gasteiger partial charge is 0.504 e. The third-order valence-corrected chi connectivity index (χ3v) is 3.35. The Labute approximate surface area is 104 Å². The van der Waals surface area contributed by atoms with E-state index in [2.05, 4.69) is 0 Å². The van der Waals surface area contributed by atoms with E-state index in [-0.39, 0.29) is 11.5 Å². The van der Waals surface area contributed by atoms with Crippen LogP contribution in [0.2, 0.25) is 0 Å². The number of hydrogen-bond acceptors (Lipinski definition) is 3. The van der Waals surface area contributed by atoms with E-state index in [0.717, 1.165) is 16.2 Å². The van der Waals surface area contributed by atoms with E-state index in [1.807, 2.05) is 36.4 Å². The summed E-state index contributed by atoms with van der Waals surface area (Å²) in [5.74, 6) is -1.01. The topological polar surface area (TPSA) is 60.7 Å². The van der Waals surface area contributed by atoms with Crippen molar-refractivity contribution in [2.24, 2.45) is 0 Å². The van der Waals surface area contributed by atoms with Crippen molar-refractivity contribution in [3.8, 4) is 17.2 Å². The molecule has 0 aliphatic rings. The molecule has 0 atom stereocenters. The summed E-state index contributed by atoms with van der Waals surface area (Å²) >= 11 is 0. The van der Waals surface area contributed by atoms with Crippen LogP contribution in [0.3, 0.4) is 0 Å². The van der Waals surface area contributed by atoms with Crippen LogP contribution < -0.4 is 0 Å². The highest BCUT2D eigenvalue weighted by Crippen LogP contribution is 2.45. The third kappa shape index (κ3) is 1.31. The number of benzene rings is 3. The molecule has 3 aromatic carbocycles. The molecule has 0 spiro atoms. The number of aromatic hydroxyl groups is 3. The summed E-state index contributed by atoms with van der Waals surface area (Å²) in [6.07, 6.45) is 0. The Morgan fingerprint density at radius 2 is 1.28 bits per heavy atom. The predicted octanol–water partition coefficient (Wildman–Crippen LogP) is 3.42. The summed E-state index contributed by atoms with van der Waals surface area (Å²) in [7, 11) is 0. The highest BCUT2D eigenvalue weighted by molar-refractivity contribution is 6.04. The van der Waals surface area contributed by atoms with Crippen LogP contribution in [0, 0.1) is 6.92 Å². The Kier molecular flexibility index (Phi) is 2.10. The van der Waals surface area contributed by atoms with Crippen molar-refractivity contribution in [1.82, 2.24) is 0 Å². The molecule has 18 heavy (non-hydrogen) atoms. The van der Waals surface area contributed by atoms with Crippen molar-refractivity contribution in [1.29, 1.82) is 0 Å². The number of aryl methyl sites for hydroxylation is 1. The summed E-state index contributed by atoms with van der Waals surface area (Å²) in [5, 5.41) is 32.6. The molecule has 0 aliphatic heterocycles. The van der Waals surface area contributed by atoms with Gasteiger partial charge in [0.25, 0.3) is 0 Å². The smallest absolute Gasteiger partial charge is 0.201 e. The molecule has 0 aliphatic carbocycles. The number of hydrogen-bond donors (Lipinski definition) is 3. The van der Waals surface area contributed by atoms with Gasteiger partial charge in [0, 0.05) is 10.9 Å². The lowest BCUT2D eigenvalue weighted by molar-refractivity contribution is 0.369. The highest BCUT2D eigenvalue weighted by atomic mass is 16.3. The minimum atomic E-state index is -0.463.